The number of urea groups is 1. The van der Waals surface area contributed by atoms with Crippen LogP contribution in [0.2, 0.25) is 0 Å². The van der Waals surface area contributed by atoms with Gasteiger partial charge in [0.25, 0.3) is 0 Å². The van der Waals surface area contributed by atoms with Gasteiger partial charge >= 0.3 is 6.03 Å². The third-order valence-corrected chi connectivity index (χ3v) is 4.24. The second kappa shape index (κ2) is 6.53. The first-order chi connectivity index (χ1) is 10.7. The highest BCUT2D eigenvalue weighted by Gasteiger charge is 2.05. The number of hydrogen-bond donors (Lipinski definition) is 2. The van der Waals surface area contributed by atoms with Crippen molar-refractivity contribution in [1.82, 2.24) is 15.6 Å². The summed E-state index contributed by atoms with van der Waals surface area (Å²) < 4.78 is 14.1. The lowest BCUT2D eigenvalue weighted by molar-refractivity contribution is 0.240. The minimum Gasteiger partial charge on any atom is -0.334 e. The summed E-state index contributed by atoms with van der Waals surface area (Å²) in [6.45, 7) is 0.844. The molecular weight excluding hydrogens is 301 g/mol. The Labute approximate surface area is 131 Å². The van der Waals surface area contributed by atoms with E-state index in [-0.39, 0.29) is 11.8 Å². The van der Waals surface area contributed by atoms with Crippen LogP contribution in [0.15, 0.2) is 48.8 Å². The van der Waals surface area contributed by atoms with Crippen LogP contribution in [0.1, 0.15) is 10.4 Å². The summed E-state index contributed by atoms with van der Waals surface area (Å²) in [5.74, 6) is -0.251. The summed E-state index contributed by atoms with van der Waals surface area (Å²) in [5.41, 5.74) is 0.940. The van der Waals surface area contributed by atoms with Gasteiger partial charge in [-0.15, -0.1) is 11.3 Å². The molecule has 3 rings (SSSR count). The van der Waals surface area contributed by atoms with E-state index < -0.39 is 0 Å². The van der Waals surface area contributed by atoms with Crippen molar-refractivity contribution in [2.24, 2.45) is 0 Å². The molecule has 0 aliphatic rings. The highest BCUT2D eigenvalue weighted by atomic mass is 32.1. The molecule has 2 N–H and O–H groups in total. The Morgan fingerprint density at radius 3 is 2.86 bits per heavy atom. The smallest absolute Gasteiger partial charge is 0.315 e. The first-order valence-corrected chi connectivity index (χ1v) is 7.61. The molecule has 2 heterocycles. The van der Waals surface area contributed by atoms with Crippen molar-refractivity contribution in [2.75, 3.05) is 0 Å². The number of carbonyl (C=O) groups is 1. The van der Waals surface area contributed by atoms with E-state index in [1.807, 2.05) is 18.2 Å². The Hall–Kier alpha value is -2.47. The summed E-state index contributed by atoms with van der Waals surface area (Å²) in [6.07, 6.45) is 3.40. The predicted octanol–water partition coefficient (Wildman–Crippen LogP) is 3.43. The van der Waals surface area contributed by atoms with E-state index in [1.165, 1.54) is 12.1 Å². The molecule has 4 nitrogen and oxygen atoms in total. The lowest BCUT2D eigenvalue weighted by Crippen LogP contribution is -2.34. The summed E-state index contributed by atoms with van der Waals surface area (Å²) >= 11 is 1.54. The van der Waals surface area contributed by atoms with Crippen LogP contribution in [0.5, 0.6) is 0 Å². The van der Waals surface area contributed by atoms with Crippen LogP contribution in [0.25, 0.3) is 10.1 Å². The minimum absolute atomic E-state index is 0.243. The van der Waals surface area contributed by atoms with Crippen molar-refractivity contribution in [3.05, 3.63) is 65.0 Å². The molecule has 6 heteroatoms. The molecule has 1 aromatic carbocycles. The Morgan fingerprint density at radius 2 is 2.05 bits per heavy atom. The fourth-order valence-corrected chi connectivity index (χ4v) is 3.06. The SMILES string of the molecule is O=C(NCc1cccnc1)NCc1cc2cc(F)ccc2s1. The van der Waals surface area contributed by atoms with Crippen molar-refractivity contribution in [1.29, 1.82) is 0 Å². The molecule has 3 aromatic rings. The third-order valence-electron chi connectivity index (χ3n) is 3.13. The van der Waals surface area contributed by atoms with Crippen LogP contribution >= 0.6 is 11.3 Å². The van der Waals surface area contributed by atoms with Crippen molar-refractivity contribution < 1.29 is 9.18 Å². The first kappa shape index (κ1) is 14.5. The zero-order valence-electron chi connectivity index (χ0n) is 11.7. The molecule has 22 heavy (non-hydrogen) atoms. The molecule has 2 amide bonds. The fraction of sp³-hybridized carbons (Fsp3) is 0.125. The Balaban J connectivity index is 1.53. The molecule has 0 spiro atoms. The standard InChI is InChI=1S/C16H14FN3OS/c17-13-3-4-15-12(6-13)7-14(22-15)10-20-16(21)19-9-11-2-1-5-18-8-11/h1-8H,9-10H2,(H2,19,20,21). The Bertz CT molecular complexity index is 788. The fourth-order valence-electron chi connectivity index (χ4n) is 2.07. The van der Waals surface area contributed by atoms with Gasteiger partial charge in [0.1, 0.15) is 5.82 Å². The molecular formula is C16H14FN3OS. The molecule has 0 unspecified atom stereocenters. The Kier molecular flexibility index (Phi) is 4.29. The number of nitrogens with zero attached hydrogens (tertiary/aromatic N) is 1. The monoisotopic (exact) mass is 315 g/mol. The zero-order chi connectivity index (χ0) is 15.4. The van der Waals surface area contributed by atoms with E-state index in [0.29, 0.717) is 13.1 Å². The summed E-state index contributed by atoms with van der Waals surface area (Å²) in [6, 6.07) is 10.1. The number of nitrogens with one attached hydrogen (secondary N) is 2. The van der Waals surface area contributed by atoms with Crippen LogP contribution in [0.3, 0.4) is 0 Å². The largest absolute Gasteiger partial charge is 0.334 e. The van der Waals surface area contributed by atoms with Gasteiger partial charge in [-0.2, -0.15) is 0 Å². The van der Waals surface area contributed by atoms with E-state index in [2.05, 4.69) is 15.6 Å². The average molecular weight is 315 g/mol. The molecule has 0 fully saturated rings. The molecule has 2 aromatic heterocycles. The normalized spacial score (nSPS) is 10.6. The Morgan fingerprint density at radius 1 is 1.18 bits per heavy atom. The van der Waals surface area contributed by atoms with Crippen LogP contribution in [-0.2, 0) is 13.1 Å². The van der Waals surface area contributed by atoms with Crippen molar-refractivity contribution >= 4 is 27.5 Å². The van der Waals surface area contributed by atoms with Crippen LogP contribution in [-0.4, -0.2) is 11.0 Å². The number of thiophene rings is 1. The quantitative estimate of drug-likeness (QED) is 0.775. The van der Waals surface area contributed by atoms with Crippen molar-refractivity contribution in [3.63, 3.8) is 0 Å². The predicted molar refractivity (Wildman–Crippen MR) is 85.1 cm³/mol. The maximum atomic E-state index is 13.1. The maximum absolute atomic E-state index is 13.1. The van der Waals surface area contributed by atoms with Gasteiger partial charge in [0, 0.05) is 28.5 Å². The van der Waals surface area contributed by atoms with E-state index in [9.17, 15) is 9.18 Å². The van der Waals surface area contributed by atoms with E-state index in [4.69, 9.17) is 0 Å². The average Bonchev–Trinajstić information content (AvgIpc) is 2.94. The molecule has 0 radical (unpaired) electrons. The highest BCUT2D eigenvalue weighted by Crippen LogP contribution is 2.26. The summed E-state index contributed by atoms with van der Waals surface area (Å²) in [4.78, 5) is 16.7. The number of carbonyl (C=O) groups excluding carboxylic acids is 1. The topological polar surface area (TPSA) is 54.0 Å². The molecule has 0 atom stereocenters. The van der Waals surface area contributed by atoms with Gasteiger partial charge < -0.3 is 10.6 Å². The van der Waals surface area contributed by atoms with Crippen molar-refractivity contribution in [2.45, 2.75) is 13.1 Å². The number of benzene rings is 1. The number of halogens is 1. The maximum Gasteiger partial charge on any atom is 0.315 e. The number of rotatable bonds is 4. The van der Waals surface area contributed by atoms with Gasteiger partial charge in [0.2, 0.25) is 0 Å². The summed E-state index contributed by atoms with van der Waals surface area (Å²) in [7, 11) is 0. The number of pyridine rings is 1. The van der Waals surface area contributed by atoms with Crippen LogP contribution in [0.4, 0.5) is 9.18 Å². The second-order valence-corrected chi connectivity index (χ2v) is 5.96. The van der Waals surface area contributed by atoms with Gasteiger partial charge in [0.05, 0.1) is 6.54 Å². The summed E-state index contributed by atoms with van der Waals surface area (Å²) in [5, 5.41) is 6.42. The highest BCUT2D eigenvalue weighted by molar-refractivity contribution is 7.19. The second-order valence-electron chi connectivity index (χ2n) is 4.79. The van der Waals surface area contributed by atoms with Gasteiger partial charge in [-0.3, -0.25) is 4.98 Å². The van der Waals surface area contributed by atoms with Gasteiger partial charge in [-0.25, -0.2) is 9.18 Å². The molecule has 0 saturated carbocycles. The molecule has 0 saturated heterocycles. The van der Waals surface area contributed by atoms with Crippen LogP contribution < -0.4 is 10.6 Å². The molecule has 112 valence electrons. The van der Waals surface area contributed by atoms with E-state index >= 15 is 0 Å². The van der Waals surface area contributed by atoms with E-state index in [1.54, 1.807) is 29.8 Å². The molecule has 0 aliphatic heterocycles. The minimum atomic E-state index is -0.251. The van der Waals surface area contributed by atoms with Crippen molar-refractivity contribution in [3.8, 4) is 0 Å². The van der Waals surface area contributed by atoms with Crippen LogP contribution in [0, 0.1) is 5.82 Å². The lowest BCUT2D eigenvalue weighted by Gasteiger charge is -2.06. The first-order valence-electron chi connectivity index (χ1n) is 6.79. The number of hydrogen-bond acceptors (Lipinski definition) is 3. The number of aromatic nitrogens is 1. The lowest BCUT2D eigenvalue weighted by atomic mass is 10.2. The third kappa shape index (κ3) is 3.59. The van der Waals surface area contributed by atoms with Gasteiger partial charge in [0.15, 0.2) is 0 Å². The van der Waals surface area contributed by atoms with Gasteiger partial charge in [-0.1, -0.05) is 6.07 Å². The number of fused-ring (bicyclic) bond motifs is 1. The zero-order valence-corrected chi connectivity index (χ0v) is 12.5. The number of amides is 2. The molecule has 0 bridgehead atoms. The van der Waals surface area contributed by atoms with Gasteiger partial charge in [-0.05, 0) is 41.3 Å². The van der Waals surface area contributed by atoms with E-state index in [0.717, 1.165) is 20.5 Å². The molecule has 0 aliphatic carbocycles.